The van der Waals surface area contributed by atoms with Crippen LogP contribution in [0.2, 0.25) is 10.2 Å². The molecule has 1 saturated heterocycles. The molecule has 15 heteroatoms. The van der Waals surface area contributed by atoms with Gasteiger partial charge in [-0.1, -0.05) is 29.3 Å². The van der Waals surface area contributed by atoms with E-state index in [0.29, 0.717) is 35.0 Å². The molecule has 42 heavy (non-hydrogen) atoms. The number of nitrogens with one attached hydrogen (secondary N) is 3. The number of aromatic amines is 1. The lowest BCUT2D eigenvalue weighted by molar-refractivity contribution is 0.0977. The van der Waals surface area contributed by atoms with Gasteiger partial charge in [-0.2, -0.15) is 5.10 Å². The van der Waals surface area contributed by atoms with E-state index in [9.17, 15) is 18.0 Å². The van der Waals surface area contributed by atoms with Crippen LogP contribution < -0.4 is 20.5 Å². The summed E-state index contributed by atoms with van der Waals surface area (Å²) in [6.07, 6.45) is 4.12. The molecule has 4 heterocycles. The molecule has 12 nitrogen and oxygen atoms in total. The molecule has 1 aromatic carbocycles. The number of halogens is 2. The second-order valence-electron chi connectivity index (χ2n) is 10.5. The highest BCUT2D eigenvalue weighted by Crippen LogP contribution is 2.33. The van der Waals surface area contributed by atoms with E-state index in [4.69, 9.17) is 28.2 Å². The van der Waals surface area contributed by atoms with E-state index in [2.05, 4.69) is 25.4 Å². The Bertz CT molecular complexity index is 1850. The summed E-state index contributed by atoms with van der Waals surface area (Å²) in [5.41, 5.74) is 2.96. The SMILES string of the molecule is Cc1cc([C@@H](C)Nc2ccc(Cl)nc2C(=O)NS(C)(=O)=O)c2nc(N3CCC(c4[nH]ncc4Cl)CC3)n(C)c(=O)c2c1. The number of rotatable bonds is 7. The van der Waals surface area contributed by atoms with E-state index in [1.807, 2.05) is 30.7 Å². The van der Waals surface area contributed by atoms with Crippen molar-refractivity contribution >= 4 is 61.7 Å². The van der Waals surface area contributed by atoms with E-state index >= 15 is 0 Å². The van der Waals surface area contributed by atoms with Crippen molar-refractivity contribution < 1.29 is 13.2 Å². The fourth-order valence-corrected chi connectivity index (χ4v) is 6.17. The van der Waals surface area contributed by atoms with Gasteiger partial charge in [0.2, 0.25) is 16.0 Å². The van der Waals surface area contributed by atoms with Gasteiger partial charge < -0.3 is 10.2 Å². The minimum atomic E-state index is -3.83. The van der Waals surface area contributed by atoms with Gasteiger partial charge in [0.05, 0.1) is 45.8 Å². The third-order valence-corrected chi connectivity index (χ3v) is 8.40. The van der Waals surface area contributed by atoms with Crippen molar-refractivity contribution in [1.82, 2.24) is 29.5 Å². The van der Waals surface area contributed by atoms with Crippen LogP contribution >= 0.6 is 23.2 Å². The average Bonchev–Trinajstić information content (AvgIpc) is 3.36. The molecule has 3 aromatic heterocycles. The van der Waals surface area contributed by atoms with Gasteiger partial charge in [0.25, 0.3) is 11.5 Å². The molecule has 0 bridgehead atoms. The normalized spacial score (nSPS) is 15.1. The number of aromatic nitrogens is 5. The number of carbonyl (C=O) groups is 1. The Balaban J connectivity index is 1.49. The van der Waals surface area contributed by atoms with Crippen molar-refractivity contribution in [3.8, 4) is 0 Å². The highest BCUT2D eigenvalue weighted by atomic mass is 35.5. The van der Waals surface area contributed by atoms with Gasteiger partial charge in [0.1, 0.15) is 5.15 Å². The maximum Gasteiger partial charge on any atom is 0.285 e. The Morgan fingerprint density at radius 3 is 2.52 bits per heavy atom. The number of amides is 1. The van der Waals surface area contributed by atoms with Gasteiger partial charge >= 0.3 is 0 Å². The van der Waals surface area contributed by atoms with Gasteiger partial charge in [-0.05, 0) is 50.5 Å². The number of hydrogen-bond acceptors (Lipinski definition) is 9. The van der Waals surface area contributed by atoms with Crippen molar-refractivity contribution in [2.45, 2.75) is 38.6 Å². The molecule has 0 unspecified atom stereocenters. The molecule has 3 N–H and O–H groups in total. The Kier molecular flexibility index (Phi) is 8.19. The summed E-state index contributed by atoms with van der Waals surface area (Å²) in [6, 6.07) is 6.33. The lowest BCUT2D eigenvalue weighted by Crippen LogP contribution is -2.38. The van der Waals surface area contributed by atoms with Crippen molar-refractivity contribution in [2.75, 3.05) is 29.6 Å². The molecule has 1 fully saturated rings. The first kappa shape index (κ1) is 29.8. The van der Waals surface area contributed by atoms with E-state index in [1.165, 1.54) is 6.07 Å². The van der Waals surface area contributed by atoms with Crippen LogP contribution in [0.4, 0.5) is 11.6 Å². The molecule has 0 spiro atoms. The number of H-pyrrole nitrogens is 1. The molecule has 5 rings (SSSR count). The van der Waals surface area contributed by atoms with Crippen molar-refractivity contribution in [3.63, 3.8) is 0 Å². The van der Waals surface area contributed by atoms with E-state index in [-0.39, 0.29) is 28.0 Å². The molecule has 1 atom stereocenters. The first-order valence-corrected chi connectivity index (χ1v) is 15.9. The second-order valence-corrected chi connectivity index (χ2v) is 13.1. The number of piperidine rings is 1. The number of sulfonamides is 1. The smallest absolute Gasteiger partial charge is 0.285 e. The summed E-state index contributed by atoms with van der Waals surface area (Å²) in [6.45, 7) is 5.11. The number of fused-ring (bicyclic) bond motifs is 1. The van der Waals surface area contributed by atoms with Crippen LogP contribution in [0.3, 0.4) is 0 Å². The Morgan fingerprint density at radius 1 is 1.17 bits per heavy atom. The third kappa shape index (κ3) is 6.08. The second kappa shape index (κ2) is 11.5. The maximum atomic E-state index is 13.6. The first-order chi connectivity index (χ1) is 19.8. The van der Waals surface area contributed by atoms with Crippen molar-refractivity contribution in [2.24, 2.45) is 7.05 Å². The summed E-state index contributed by atoms with van der Waals surface area (Å²) >= 11 is 12.3. The highest BCUT2D eigenvalue weighted by molar-refractivity contribution is 7.89. The summed E-state index contributed by atoms with van der Waals surface area (Å²) in [5, 5.41) is 11.4. The third-order valence-electron chi connectivity index (χ3n) is 7.33. The molecule has 0 radical (unpaired) electrons. The molecule has 1 aliphatic heterocycles. The number of aryl methyl sites for hydroxylation is 1. The number of benzene rings is 1. The first-order valence-electron chi connectivity index (χ1n) is 13.2. The topological polar surface area (TPSA) is 155 Å². The van der Waals surface area contributed by atoms with Crippen LogP contribution in [-0.4, -0.2) is 58.4 Å². The van der Waals surface area contributed by atoms with Crippen LogP contribution in [0, 0.1) is 6.92 Å². The van der Waals surface area contributed by atoms with Gasteiger partial charge in [-0.25, -0.2) is 23.1 Å². The number of carbonyl (C=O) groups excluding carboxylic acids is 1. The quantitative estimate of drug-likeness (QED) is 0.257. The predicted octanol–water partition coefficient (Wildman–Crippen LogP) is 3.91. The average molecular weight is 634 g/mol. The van der Waals surface area contributed by atoms with Gasteiger partial charge in [0.15, 0.2) is 5.69 Å². The largest absolute Gasteiger partial charge is 0.377 e. The lowest BCUT2D eigenvalue weighted by atomic mass is 9.94. The van der Waals surface area contributed by atoms with E-state index < -0.39 is 22.0 Å². The number of pyridine rings is 1. The highest BCUT2D eigenvalue weighted by Gasteiger charge is 2.27. The standard InChI is InChI=1S/C27H30Cl2N8O4S/c1-14-11-17(15(2)31-20-5-6-21(29)32-24(20)25(38)35-42(4,40)41)23-18(12-14)26(39)36(3)27(33-23)37-9-7-16(8-10-37)22-19(28)13-30-34-22/h5-6,11-13,15-16,31H,7-10H2,1-4H3,(H,30,34)(H,35,38)/t15-/m1/s1. The van der Waals surface area contributed by atoms with Gasteiger partial charge in [-0.15, -0.1) is 0 Å². The van der Waals surface area contributed by atoms with Crippen LogP contribution in [-0.2, 0) is 17.1 Å². The fourth-order valence-electron chi connectivity index (χ4n) is 5.34. The van der Waals surface area contributed by atoms with Crippen LogP contribution in [0.25, 0.3) is 10.9 Å². The lowest BCUT2D eigenvalue weighted by Gasteiger charge is -2.33. The van der Waals surface area contributed by atoms with E-state index in [1.54, 1.807) is 23.9 Å². The number of anilines is 2. The van der Waals surface area contributed by atoms with Crippen molar-refractivity contribution in [1.29, 1.82) is 0 Å². The summed E-state index contributed by atoms with van der Waals surface area (Å²) in [5.74, 6) is -0.128. The molecular formula is C27H30Cl2N8O4S. The molecule has 0 aliphatic carbocycles. The number of nitrogens with zero attached hydrogens (tertiary/aromatic N) is 5. The molecule has 222 valence electrons. The summed E-state index contributed by atoms with van der Waals surface area (Å²) < 4.78 is 26.9. The molecule has 1 amide bonds. The zero-order valence-corrected chi connectivity index (χ0v) is 25.7. The maximum absolute atomic E-state index is 13.6. The molecular weight excluding hydrogens is 603 g/mol. The fraction of sp³-hybridized carbons (Fsp3) is 0.370. The minimum Gasteiger partial charge on any atom is -0.377 e. The van der Waals surface area contributed by atoms with Gasteiger partial charge in [-0.3, -0.25) is 19.3 Å². The Morgan fingerprint density at radius 2 is 1.88 bits per heavy atom. The molecule has 0 saturated carbocycles. The zero-order valence-electron chi connectivity index (χ0n) is 23.4. The predicted molar refractivity (Wildman–Crippen MR) is 163 cm³/mol. The summed E-state index contributed by atoms with van der Waals surface area (Å²) in [4.78, 5) is 37.5. The monoisotopic (exact) mass is 632 g/mol. The van der Waals surface area contributed by atoms with Crippen molar-refractivity contribution in [3.05, 3.63) is 73.5 Å². The molecule has 1 aliphatic rings. The minimum absolute atomic E-state index is 0.0289. The Hall–Kier alpha value is -3.68. The van der Waals surface area contributed by atoms with E-state index in [0.717, 1.165) is 35.9 Å². The Labute approximate surface area is 252 Å². The number of hydrogen-bond donors (Lipinski definition) is 3. The summed E-state index contributed by atoms with van der Waals surface area (Å²) in [7, 11) is -2.11. The van der Waals surface area contributed by atoms with Crippen LogP contribution in [0.1, 0.15) is 59.0 Å². The molecule has 4 aromatic rings. The zero-order chi connectivity index (χ0) is 30.3. The van der Waals surface area contributed by atoms with Gasteiger partial charge in [0, 0.05) is 31.6 Å². The van der Waals surface area contributed by atoms with Crippen LogP contribution in [0.15, 0.2) is 35.3 Å². The van der Waals surface area contributed by atoms with Crippen LogP contribution in [0.5, 0.6) is 0 Å².